The standard InChI is InChI=1S/C15H23NO/c1-3-16-12(2)14-6-8-15(9-7-14)17-11-10-13-4-5-13/h6-9,12-13,16H,3-5,10-11H2,1-2H3. The molecule has 1 fully saturated rings. The van der Waals surface area contributed by atoms with Gasteiger partial charge in [0.1, 0.15) is 5.75 Å². The smallest absolute Gasteiger partial charge is 0.119 e. The summed E-state index contributed by atoms with van der Waals surface area (Å²) in [5.41, 5.74) is 1.32. The number of nitrogens with one attached hydrogen (secondary N) is 1. The molecule has 0 aromatic heterocycles. The van der Waals surface area contributed by atoms with Gasteiger partial charge in [0.25, 0.3) is 0 Å². The lowest BCUT2D eigenvalue weighted by molar-refractivity contribution is 0.302. The Hall–Kier alpha value is -1.02. The van der Waals surface area contributed by atoms with Crippen molar-refractivity contribution >= 4 is 0 Å². The van der Waals surface area contributed by atoms with E-state index in [4.69, 9.17) is 4.74 Å². The zero-order chi connectivity index (χ0) is 12.1. The maximum atomic E-state index is 5.73. The van der Waals surface area contributed by atoms with Gasteiger partial charge in [0, 0.05) is 6.04 Å². The largest absolute Gasteiger partial charge is 0.494 e. The zero-order valence-corrected chi connectivity index (χ0v) is 10.9. The van der Waals surface area contributed by atoms with E-state index in [0.29, 0.717) is 6.04 Å². The molecule has 1 N–H and O–H groups in total. The Bertz CT molecular complexity index is 329. The van der Waals surface area contributed by atoms with Crippen molar-refractivity contribution in [3.63, 3.8) is 0 Å². The maximum absolute atomic E-state index is 5.73. The predicted octanol–water partition coefficient (Wildman–Crippen LogP) is 3.54. The average Bonchev–Trinajstić information content (AvgIpc) is 3.14. The van der Waals surface area contributed by atoms with E-state index in [1.54, 1.807) is 0 Å². The lowest BCUT2D eigenvalue weighted by Gasteiger charge is -2.13. The van der Waals surface area contributed by atoms with Crippen LogP contribution in [0.25, 0.3) is 0 Å². The Morgan fingerprint density at radius 2 is 2.00 bits per heavy atom. The van der Waals surface area contributed by atoms with Crippen LogP contribution in [0.1, 0.15) is 44.7 Å². The quantitative estimate of drug-likeness (QED) is 0.778. The summed E-state index contributed by atoms with van der Waals surface area (Å²) in [5.74, 6) is 1.95. The molecule has 1 atom stereocenters. The molecule has 1 saturated carbocycles. The number of ether oxygens (including phenoxy) is 1. The van der Waals surface area contributed by atoms with Gasteiger partial charge in [-0.15, -0.1) is 0 Å². The van der Waals surface area contributed by atoms with Crippen molar-refractivity contribution in [3.05, 3.63) is 29.8 Å². The van der Waals surface area contributed by atoms with Crippen LogP contribution in [0.5, 0.6) is 5.75 Å². The van der Waals surface area contributed by atoms with Gasteiger partial charge in [-0.1, -0.05) is 31.9 Å². The van der Waals surface area contributed by atoms with Crippen LogP contribution < -0.4 is 10.1 Å². The second kappa shape index (κ2) is 6.06. The molecule has 0 bridgehead atoms. The first kappa shape index (κ1) is 12.4. The molecule has 0 aliphatic heterocycles. The first-order valence-electron chi connectivity index (χ1n) is 6.75. The fraction of sp³-hybridized carbons (Fsp3) is 0.600. The Balaban J connectivity index is 1.79. The molecule has 1 aromatic carbocycles. The average molecular weight is 233 g/mol. The molecule has 0 amide bonds. The zero-order valence-electron chi connectivity index (χ0n) is 10.9. The van der Waals surface area contributed by atoms with E-state index in [-0.39, 0.29) is 0 Å². The van der Waals surface area contributed by atoms with Crippen LogP contribution in [0.4, 0.5) is 0 Å². The van der Waals surface area contributed by atoms with Gasteiger partial charge >= 0.3 is 0 Å². The summed E-state index contributed by atoms with van der Waals surface area (Å²) in [6, 6.07) is 8.88. The summed E-state index contributed by atoms with van der Waals surface area (Å²) < 4.78 is 5.73. The van der Waals surface area contributed by atoms with Crippen molar-refractivity contribution in [3.8, 4) is 5.75 Å². The minimum Gasteiger partial charge on any atom is -0.494 e. The molecular weight excluding hydrogens is 210 g/mol. The van der Waals surface area contributed by atoms with Gasteiger partial charge in [0.15, 0.2) is 0 Å². The van der Waals surface area contributed by atoms with E-state index in [9.17, 15) is 0 Å². The molecule has 1 aliphatic carbocycles. The molecular formula is C15H23NO. The molecule has 1 unspecified atom stereocenters. The third-order valence-corrected chi connectivity index (χ3v) is 3.38. The third-order valence-electron chi connectivity index (χ3n) is 3.38. The first-order valence-corrected chi connectivity index (χ1v) is 6.75. The lowest BCUT2D eigenvalue weighted by atomic mass is 10.1. The molecule has 2 heteroatoms. The summed E-state index contributed by atoms with van der Waals surface area (Å²) in [6.07, 6.45) is 4.03. The summed E-state index contributed by atoms with van der Waals surface area (Å²) >= 11 is 0. The van der Waals surface area contributed by atoms with Gasteiger partial charge in [-0.2, -0.15) is 0 Å². The fourth-order valence-corrected chi connectivity index (χ4v) is 2.03. The van der Waals surface area contributed by atoms with E-state index in [1.165, 1.54) is 24.8 Å². The molecule has 0 saturated heterocycles. The number of benzene rings is 1. The highest BCUT2D eigenvalue weighted by molar-refractivity contribution is 5.28. The molecule has 2 rings (SSSR count). The second-order valence-corrected chi connectivity index (χ2v) is 4.93. The van der Waals surface area contributed by atoms with Crippen LogP contribution >= 0.6 is 0 Å². The van der Waals surface area contributed by atoms with Crippen molar-refractivity contribution in [1.29, 1.82) is 0 Å². The van der Waals surface area contributed by atoms with Gasteiger partial charge in [-0.25, -0.2) is 0 Å². The Kier molecular flexibility index (Phi) is 4.43. The highest BCUT2D eigenvalue weighted by Crippen LogP contribution is 2.32. The van der Waals surface area contributed by atoms with Gasteiger partial charge in [0.05, 0.1) is 6.61 Å². The van der Waals surface area contributed by atoms with Crippen molar-refractivity contribution in [2.75, 3.05) is 13.2 Å². The Morgan fingerprint density at radius 1 is 1.29 bits per heavy atom. The van der Waals surface area contributed by atoms with E-state index >= 15 is 0 Å². The molecule has 94 valence electrons. The minimum absolute atomic E-state index is 0.417. The lowest BCUT2D eigenvalue weighted by Crippen LogP contribution is -2.17. The second-order valence-electron chi connectivity index (χ2n) is 4.93. The van der Waals surface area contributed by atoms with Crippen LogP contribution in [0.3, 0.4) is 0 Å². The molecule has 0 heterocycles. The third kappa shape index (κ3) is 4.04. The number of hydrogen-bond acceptors (Lipinski definition) is 2. The van der Waals surface area contributed by atoms with Crippen LogP contribution in [0.15, 0.2) is 24.3 Å². The normalized spacial score (nSPS) is 16.8. The summed E-state index contributed by atoms with van der Waals surface area (Å²) in [6.45, 7) is 6.19. The van der Waals surface area contributed by atoms with Gasteiger partial charge in [0.2, 0.25) is 0 Å². The summed E-state index contributed by atoms with van der Waals surface area (Å²) in [5, 5.41) is 3.41. The Labute approximate surface area is 104 Å². The van der Waals surface area contributed by atoms with Gasteiger partial charge in [-0.3, -0.25) is 0 Å². The molecule has 0 spiro atoms. The van der Waals surface area contributed by atoms with Crippen LogP contribution in [0.2, 0.25) is 0 Å². The van der Waals surface area contributed by atoms with Crippen molar-refractivity contribution in [2.45, 2.75) is 39.2 Å². The monoisotopic (exact) mass is 233 g/mol. The van der Waals surface area contributed by atoms with E-state index in [1.807, 2.05) is 0 Å². The SMILES string of the molecule is CCNC(C)c1ccc(OCCC2CC2)cc1. The van der Waals surface area contributed by atoms with E-state index < -0.39 is 0 Å². The van der Waals surface area contributed by atoms with Crippen molar-refractivity contribution < 1.29 is 4.74 Å². The van der Waals surface area contributed by atoms with Crippen molar-refractivity contribution in [2.24, 2.45) is 5.92 Å². The molecule has 1 aliphatic rings. The predicted molar refractivity (Wildman–Crippen MR) is 71.4 cm³/mol. The molecule has 17 heavy (non-hydrogen) atoms. The topological polar surface area (TPSA) is 21.3 Å². The molecule has 1 aromatic rings. The van der Waals surface area contributed by atoms with E-state index in [0.717, 1.165) is 24.8 Å². The number of rotatable bonds is 7. The highest BCUT2D eigenvalue weighted by atomic mass is 16.5. The first-order chi connectivity index (χ1) is 8.29. The highest BCUT2D eigenvalue weighted by Gasteiger charge is 2.20. The maximum Gasteiger partial charge on any atom is 0.119 e. The van der Waals surface area contributed by atoms with Crippen LogP contribution in [-0.2, 0) is 0 Å². The van der Waals surface area contributed by atoms with Gasteiger partial charge < -0.3 is 10.1 Å². The van der Waals surface area contributed by atoms with Crippen LogP contribution in [0, 0.1) is 5.92 Å². The van der Waals surface area contributed by atoms with Crippen molar-refractivity contribution in [1.82, 2.24) is 5.32 Å². The van der Waals surface area contributed by atoms with E-state index in [2.05, 4.69) is 43.4 Å². The number of hydrogen-bond donors (Lipinski definition) is 1. The molecule has 0 radical (unpaired) electrons. The van der Waals surface area contributed by atoms with Crippen LogP contribution in [-0.4, -0.2) is 13.2 Å². The minimum atomic E-state index is 0.417. The summed E-state index contributed by atoms with van der Waals surface area (Å²) in [7, 11) is 0. The summed E-state index contributed by atoms with van der Waals surface area (Å²) in [4.78, 5) is 0. The van der Waals surface area contributed by atoms with Gasteiger partial charge in [-0.05, 0) is 43.5 Å². The Morgan fingerprint density at radius 3 is 2.59 bits per heavy atom. The molecule has 2 nitrogen and oxygen atoms in total. The fourth-order valence-electron chi connectivity index (χ4n) is 2.03.